The molecule has 194 valence electrons. The highest BCUT2D eigenvalue weighted by Gasteiger charge is 2.70. The first-order valence-corrected chi connectivity index (χ1v) is 11.8. The number of nitrogens with two attached hydrogens (primary N) is 1. The van der Waals surface area contributed by atoms with E-state index in [1.54, 1.807) is 33.2 Å². The summed E-state index contributed by atoms with van der Waals surface area (Å²) < 4.78 is 0. The molecule has 0 bridgehead atoms. The van der Waals surface area contributed by atoms with Crippen LogP contribution >= 0.6 is 0 Å². The maximum atomic E-state index is 13.9. The number of fused-ring (bicyclic) bond motifs is 3. The van der Waals surface area contributed by atoms with E-state index in [2.05, 4.69) is 11.9 Å². The van der Waals surface area contributed by atoms with Crippen LogP contribution in [0.15, 0.2) is 41.7 Å². The number of benzene rings is 1. The van der Waals surface area contributed by atoms with E-state index in [4.69, 9.17) is 5.73 Å². The number of aliphatic hydroxyl groups excluding tert-OH is 2. The summed E-state index contributed by atoms with van der Waals surface area (Å²) in [7, 11) is 3.11. The van der Waals surface area contributed by atoms with Gasteiger partial charge in [-0.2, -0.15) is 0 Å². The minimum absolute atomic E-state index is 0.0808. The lowest BCUT2D eigenvalue weighted by molar-refractivity contribution is -0.187. The lowest BCUT2D eigenvalue weighted by Gasteiger charge is -2.60. The van der Waals surface area contributed by atoms with Gasteiger partial charge in [-0.1, -0.05) is 31.2 Å². The van der Waals surface area contributed by atoms with Gasteiger partial charge in [0.25, 0.3) is 5.91 Å². The monoisotopic (exact) mass is 499 g/mol. The predicted molar refractivity (Wildman–Crippen MR) is 130 cm³/mol. The third-order valence-corrected chi connectivity index (χ3v) is 8.11. The molecule has 0 spiro atoms. The Morgan fingerprint density at radius 3 is 2.42 bits per heavy atom. The van der Waals surface area contributed by atoms with Gasteiger partial charge in [-0.25, -0.2) is 0 Å². The lowest BCUT2D eigenvalue weighted by atomic mass is 9.49. The fraction of sp³-hybridized carbons (Fsp3) is 0.500. The number of carbonyl (C=O) groups excluding carboxylic acids is 3. The van der Waals surface area contributed by atoms with E-state index >= 15 is 0 Å². The van der Waals surface area contributed by atoms with Crippen molar-refractivity contribution < 1.29 is 34.8 Å². The number of phenolic OH excluding ortho intramolecular Hbond substituents is 1. The van der Waals surface area contributed by atoms with Gasteiger partial charge in [0.2, 0.25) is 0 Å². The van der Waals surface area contributed by atoms with Gasteiger partial charge in [0.15, 0.2) is 11.6 Å². The number of hydrogen-bond acceptors (Lipinski definition) is 9. The van der Waals surface area contributed by atoms with Gasteiger partial charge < -0.3 is 31.5 Å². The largest absolute Gasteiger partial charge is 0.508 e. The number of aliphatic hydroxyl groups is 3. The maximum absolute atomic E-state index is 13.9. The van der Waals surface area contributed by atoms with Crippen molar-refractivity contribution in [1.82, 2.24) is 10.2 Å². The van der Waals surface area contributed by atoms with Crippen LogP contribution in [0.3, 0.4) is 0 Å². The quantitative estimate of drug-likeness (QED) is 0.241. The second-order valence-corrected chi connectivity index (χ2v) is 10.5. The number of ketones is 2. The van der Waals surface area contributed by atoms with Crippen LogP contribution < -0.4 is 11.1 Å². The van der Waals surface area contributed by atoms with Crippen LogP contribution in [0.1, 0.15) is 35.7 Å². The molecular weight excluding hydrogens is 466 g/mol. The summed E-state index contributed by atoms with van der Waals surface area (Å²) in [5.74, 6) is -7.42. The second-order valence-electron chi connectivity index (χ2n) is 10.5. The SMILES string of the molecule is C=C(C)CNC1C2C(=O)c3c(O)cccc3[C@H](C)C2[C@H](O)C2[C@H](N(C)C)C(=O)C(C(N)=O)=C(O)[C@@]12O. The highest BCUT2D eigenvalue weighted by molar-refractivity contribution is 6.22. The Bertz CT molecular complexity index is 1190. The van der Waals surface area contributed by atoms with Crippen molar-refractivity contribution in [1.29, 1.82) is 0 Å². The highest BCUT2D eigenvalue weighted by Crippen LogP contribution is 2.56. The number of rotatable bonds is 5. The van der Waals surface area contributed by atoms with Gasteiger partial charge in [-0.3, -0.25) is 19.3 Å². The van der Waals surface area contributed by atoms with Gasteiger partial charge in [0.1, 0.15) is 22.7 Å². The Morgan fingerprint density at radius 1 is 1.22 bits per heavy atom. The number of Topliss-reactive ketones (excluding diaryl/α,β-unsaturated/α-hetero) is 2. The summed E-state index contributed by atoms with van der Waals surface area (Å²) >= 11 is 0. The van der Waals surface area contributed by atoms with Crippen LogP contribution in [0, 0.1) is 17.8 Å². The molecule has 3 aliphatic rings. The van der Waals surface area contributed by atoms with Crippen LogP contribution in [0.4, 0.5) is 0 Å². The van der Waals surface area contributed by atoms with Crippen molar-refractivity contribution in [3.63, 3.8) is 0 Å². The topological polar surface area (TPSA) is 173 Å². The van der Waals surface area contributed by atoms with Crippen molar-refractivity contribution in [2.75, 3.05) is 20.6 Å². The molecule has 10 heteroatoms. The third kappa shape index (κ3) is 3.43. The first-order valence-electron chi connectivity index (χ1n) is 11.8. The van der Waals surface area contributed by atoms with Crippen molar-refractivity contribution >= 4 is 17.5 Å². The molecule has 0 radical (unpaired) electrons. The summed E-state index contributed by atoms with van der Waals surface area (Å²) in [4.78, 5) is 41.0. The van der Waals surface area contributed by atoms with Crippen molar-refractivity contribution in [2.45, 2.75) is 43.6 Å². The van der Waals surface area contributed by atoms with Gasteiger partial charge >= 0.3 is 0 Å². The van der Waals surface area contributed by atoms with Crippen molar-refractivity contribution in [3.8, 4) is 5.75 Å². The van der Waals surface area contributed by atoms with Gasteiger partial charge in [-0.05, 0) is 38.6 Å². The van der Waals surface area contributed by atoms with E-state index < -0.39 is 76.3 Å². The Hall–Kier alpha value is -3.05. The van der Waals surface area contributed by atoms with Crippen molar-refractivity contribution in [3.05, 3.63) is 52.8 Å². The molecule has 36 heavy (non-hydrogen) atoms. The number of carbonyl (C=O) groups is 3. The number of aromatic hydroxyl groups is 1. The number of amides is 1. The molecule has 1 aromatic carbocycles. The van der Waals surface area contributed by atoms with E-state index in [0.717, 1.165) is 0 Å². The summed E-state index contributed by atoms with van der Waals surface area (Å²) in [6.07, 6.45) is -1.44. The molecule has 0 aliphatic heterocycles. The minimum Gasteiger partial charge on any atom is -0.508 e. The minimum atomic E-state index is -2.42. The van der Waals surface area contributed by atoms with Crippen LogP contribution in [-0.4, -0.2) is 87.2 Å². The number of likely N-dealkylation sites (N-methyl/N-ethyl adjacent to an activating group) is 1. The first-order chi connectivity index (χ1) is 16.8. The zero-order valence-electron chi connectivity index (χ0n) is 20.7. The molecule has 4 rings (SSSR count). The smallest absolute Gasteiger partial charge is 0.255 e. The van der Waals surface area contributed by atoms with Gasteiger partial charge in [0, 0.05) is 24.3 Å². The first kappa shape index (κ1) is 26.0. The number of primary amides is 1. The summed E-state index contributed by atoms with van der Waals surface area (Å²) in [5, 5.41) is 49.0. The number of nitrogens with one attached hydrogen (secondary N) is 1. The molecule has 3 aliphatic carbocycles. The van der Waals surface area contributed by atoms with E-state index in [-0.39, 0.29) is 17.9 Å². The second kappa shape index (κ2) is 8.81. The third-order valence-electron chi connectivity index (χ3n) is 8.11. The number of hydrogen-bond donors (Lipinski definition) is 6. The predicted octanol–water partition coefficient (Wildman–Crippen LogP) is -0.00920. The zero-order chi connectivity index (χ0) is 26.9. The Kier molecular flexibility index (Phi) is 6.37. The van der Waals surface area contributed by atoms with Crippen LogP contribution in [0.25, 0.3) is 0 Å². The summed E-state index contributed by atoms with van der Waals surface area (Å²) in [5.41, 5.74) is 3.56. The Balaban J connectivity index is 2.04. The lowest BCUT2D eigenvalue weighted by Crippen LogP contribution is -2.77. The average Bonchev–Trinajstić information content (AvgIpc) is 2.77. The molecule has 7 N–H and O–H groups in total. The molecular formula is C26H33N3O7. The van der Waals surface area contributed by atoms with Crippen LogP contribution in [-0.2, 0) is 9.59 Å². The molecule has 1 aromatic rings. The molecule has 8 atom stereocenters. The van der Waals surface area contributed by atoms with Crippen LogP contribution in [0.2, 0.25) is 0 Å². The van der Waals surface area contributed by atoms with Crippen molar-refractivity contribution in [2.24, 2.45) is 23.5 Å². The standard InChI is InChI=1S/C26H33N3O7/c1-10(2)9-28-23-16-14(11(3)12-7-6-8-13(30)15(12)20(16)31)21(32)18-19(29(4)5)22(33)17(25(27)35)24(34)26(18,23)36/h6-8,11,14,16,18-19,21,23,28,30,32,34,36H,1,9H2,2-5H3,(H2,27,35)/t11-,14?,16?,18?,19-,21-,23?,26-/m0/s1. The Labute approximate surface area is 209 Å². The molecule has 1 fully saturated rings. The molecule has 1 saturated carbocycles. The fourth-order valence-corrected chi connectivity index (χ4v) is 6.65. The summed E-state index contributed by atoms with van der Waals surface area (Å²) in [6.45, 7) is 7.53. The summed E-state index contributed by atoms with van der Waals surface area (Å²) in [6, 6.07) is 2.24. The van der Waals surface area contributed by atoms with Gasteiger partial charge in [0.05, 0.1) is 23.8 Å². The fourth-order valence-electron chi connectivity index (χ4n) is 6.65. The van der Waals surface area contributed by atoms with Crippen LogP contribution in [0.5, 0.6) is 5.75 Å². The van der Waals surface area contributed by atoms with E-state index in [1.165, 1.54) is 11.0 Å². The number of nitrogens with zero attached hydrogens (tertiary/aromatic N) is 1. The van der Waals surface area contributed by atoms with Gasteiger partial charge in [-0.15, -0.1) is 0 Å². The maximum Gasteiger partial charge on any atom is 0.255 e. The Morgan fingerprint density at radius 2 is 1.86 bits per heavy atom. The molecule has 1 amide bonds. The molecule has 0 aromatic heterocycles. The number of phenols is 1. The van der Waals surface area contributed by atoms with E-state index in [0.29, 0.717) is 11.1 Å². The van der Waals surface area contributed by atoms with E-state index in [9.17, 15) is 34.8 Å². The molecule has 0 heterocycles. The average molecular weight is 500 g/mol. The molecule has 0 saturated heterocycles. The zero-order valence-corrected chi connectivity index (χ0v) is 20.7. The molecule has 10 nitrogen and oxygen atoms in total. The van der Waals surface area contributed by atoms with E-state index in [1.807, 2.05) is 6.92 Å². The normalized spacial score (nSPS) is 35.8. The highest BCUT2D eigenvalue weighted by atomic mass is 16.3. The molecule has 4 unspecified atom stereocenters.